The maximum absolute atomic E-state index is 10.7. The van der Waals surface area contributed by atoms with Crippen molar-refractivity contribution >= 4 is 28.8 Å². The van der Waals surface area contributed by atoms with Crippen LogP contribution in [0.25, 0.3) is 0 Å². The van der Waals surface area contributed by atoms with Gasteiger partial charge in [-0.2, -0.15) is 0 Å². The Labute approximate surface area is 117 Å². The molecule has 0 aliphatic carbocycles. The van der Waals surface area contributed by atoms with E-state index in [4.69, 9.17) is 5.11 Å². The van der Waals surface area contributed by atoms with E-state index >= 15 is 0 Å². The molecule has 0 amide bonds. The number of anilines is 1. The summed E-state index contributed by atoms with van der Waals surface area (Å²) in [7, 11) is 0. The van der Waals surface area contributed by atoms with Crippen LogP contribution in [0.3, 0.4) is 0 Å². The number of nitrogens with zero attached hydrogens (tertiary/aromatic N) is 3. The fourth-order valence-corrected chi connectivity index (χ4v) is 2.19. The van der Waals surface area contributed by atoms with Crippen LogP contribution in [0.5, 0.6) is 0 Å². The van der Waals surface area contributed by atoms with Gasteiger partial charge in [0.25, 0.3) is 5.69 Å². The number of rotatable bonds is 6. The van der Waals surface area contributed by atoms with E-state index in [-0.39, 0.29) is 11.4 Å². The van der Waals surface area contributed by atoms with E-state index in [2.05, 4.69) is 15.3 Å². The van der Waals surface area contributed by atoms with Crippen LogP contribution >= 0.6 is 11.3 Å². The van der Waals surface area contributed by atoms with E-state index in [1.54, 1.807) is 0 Å². The zero-order chi connectivity index (χ0) is 14.5. The highest BCUT2D eigenvalue weighted by Crippen LogP contribution is 2.13. The molecule has 9 heteroatoms. The summed E-state index contributed by atoms with van der Waals surface area (Å²) in [6, 6.07) is 2.88. The summed E-state index contributed by atoms with van der Waals surface area (Å²) in [6.45, 7) is 0.511. The molecule has 0 unspecified atom stereocenters. The SMILES string of the molecule is O=C(O)c1csc(CCNc2ccc([N+](=O)[O-])cn2)n1. The quantitative estimate of drug-likeness (QED) is 0.616. The van der Waals surface area contributed by atoms with Crippen LogP contribution in [0, 0.1) is 10.1 Å². The normalized spacial score (nSPS) is 10.2. The van der Waals surface area contributed by atoms with Crippen molar-refractivity contribution < 1.29 is 14.8 Å². The summed E-state index contributed by atoms with van der Waals surface area (Å²) >= 11 is 1.28. The van der Waals surface area contributed by atoms with Crippen LogP contribution in [0.2, 0.25) is 0 Å². The molecule has 0 spiro atoms. The van der Waals surface area contributed by atoms with Gasteiger partial charge in [0.1, 0.15) is 12.0 Å². The molecule has 2 aromatic heterocycles. The maximum Gasteiger partial charge on any atom is 0.355 e. The lowest BCUT2D eigenvalue weighted by Crippen LogP contribution is -2.06. The summed E-state index contributed by atoms with van der Waals surface area (Å²) in [4.78, 5) is 28.5. The fourth-order valence-electron chi connectivity index (χ4n) is 1.42. The van der Waals surface area contributed by atoms with Gasteiger partial charge in [-0.25, -0.2) is 14.8 Å². The van der Waals surface area contributed by atoms with Gasteiger partial charge in [0, 0.05) is 24.4 Å². The Morgan fingerprint density at radius 1 is 1.50 bits per heavy atom. The van der Waals surface area contributed by atoms with Gasteiger partial charge in [0.05, 0.1) is 9.93 Å². The van der Waals surface area contributed by atoms with Crippen LogP contribution in [0.4, 0.5) is 11.5 Å². The number of nitro groups is 1. The smallest absolute Gasteiger partial charge is 0.355 e. The second kappa shape index (κ2) is 6.06. The number of pyridine rings is 1. The van der Waals surface area contributed by atoms with Crippen LogP contribution in [0.1, 0.15) is 15.5 Å². The highest BCUT2D eigenvalue weighted by atomic mass is 32.1. The first-order valence-electron chi connectivity index (χ1n) is 5.58. The topological polar surface area (TPSA) is 118 Å². The zero-order valence-electron chi connectivity index (χ0n) is 10.1. The van der Waals surface area contributed by atoms with Gasteiger partial charge in [0.15, 0.2) is 5.69 Å². The first kappa shape index (κ1) is 13.9. The molecule has 0 saturated heterocycles. The van der Waals surface area contributed by atoms with Gasteiger partial charge in [-0.05, 0) is 6.07 Å². The van der Waals surface area contributed by atoms with Crippen molar-refractivity contribution in [2.75, 3.05) is 11.9 Å². The zero-order valence-corrected chi connectivity index (χ0v) is 11.0. The molecule has 2 N–H and O–H groups in total. The molecule has 0 fully saturated rings. The highest BCUT2D eigenvalue weighted by Gasteiger charge is 2.08. The molecular formula is C11H10N4O4S. The summed E-state index contributed by atoms with van der Waals surface area (Å²) in [5.41, 5.74) is -0.0277. The molecule has 20 heavy (non-hydrogen) atoms. The van der Waals surface area contributed by atoms with Gasteiger partial charge in [-0.3, -0.25) is 10.1 Å². The van der Waals surface area contributed by atoms with Crippen LogP contribution in [0.15, 0.2) is 23.7 Å². The third-order valence-corrected chi connectivity index (χ3v) is 3.28. The summed E-state index contributed by atoms with van der Waals surface area (Å²) in [5, 5.41) is 24.4. The Bertz CT molecular complexity index is 626. The largest absolute Gasteiger partial charge is 0.476 e. The minimum Gasteiger partial charge on any atom is -0.476 e. The van der Waals surface area contributed by atoms with E-state index in [9.17, 15) is 14.9 Å². The highest BCUT2D eigenvalue weighted by molar-refractivity contribution is 7.09. The molecule has 0 atom stereocenters. The monoisotopic (exact) mass is 294 g/mol. The van der Waals surface area contributed by atoms with Crippen molar-refractivity contribution in [1.82, 2.24) is 9.97 Å². The molecule has 104 valence electrons. The Kier molecular flexibility index (Phi) is 4.20. The molecule has 0 bridgehead atoms. The molecule has 0 saturated carbocycles. The average molecular weight is 294 g/mol. The Hall–Kier alpha value is -2.55. The number of aromatic carboxylic acids is 1. The fraction of sp³-hybridized carbons (Fsp3) is 0.182. The number of carboxylic acids is 1. The van der Waals surface area contributed by atoms with Gasteiger partial charge in [-0.15, -0.1) is 11.3 Å². The Morgan fingerprint density at radius 2 is 2.30 bits per heavy atom. The van der Waals surface area contributed by atoms with Crippen LogP contribution < -0.4 is 5.32 Å². The number of nitrogens with one attached hydrogen (secondary N) is 1. The van der Waals surface area contributed by atoms with Crippen molar-refractivity contribution in [2.45, 2.75) is 6.42 Å². The molecule has 2 heterocycles. The Morgan fingerprint density at radius 3 is 2.85 bits per heavy atom. The number of carbonyl (C=O) groups is 1. The van der Waals surface area contributed by atoms with Gasteiger partial charge < -0.3 is 10.4 Å². The summed E-state index contributed by atoms with van der Waals surface area (Å²) in [6.07, 6.45) is 1.73. The van der Waals surface area contributed by atoms with E-state index in [1.165, 1.54) is 35.0 Å². The minimum absolute atomic E-state index is 0.0402. The third-order valence-electron chi connectivity index (χ3n) is 2.37. The number of thiazole rings is 1. The second-order valence-electron chi connectivity index (χ2n) is 3.77. The van der Waals surface area contributed by atoms with E-state index in [0.717, 1.165) is 0 Å². The molecule has 0 aliphatic rings. The van der Waals surface area contributed by atoms with E-state index in [0.29, 0.717) is 23.8 Å². The number of carboxylic acid groups (broad SMARTS) is 1. The standard InChI is InChI=1S/C11H10N4O4S/c16-11(17)8-6-20-10(14-8)3-4-12-9-2-1-7(5-13-9)15(18)19/h1-2,5-6H,3-4H2,(H,12,13)(H,16,17). The van der Waals surface area contributed by atoms with E-state index in [1.807, 2.05) is 0 Å². The summed E-state index contributed by atoms with van der Waals surface area (Å²) in [5.74, 6) is -0.525. The summed E-state index contributed by atoms with van der Waals surface area (Å²) < 4.78 is 0. The lowest BCUT2D eigenvalue weighted by atomic mass is 10.4. The second-order valence-corrected chi connectivity index (χ2v) is 4.71. The maximum atomic E-state index is 10.7. The molecule has 0 aliphatic heterocycles. The molecule has 2 aromatic rings. The van der Waals surface area contributed by atoms with Crippen molar-refractivity contribution in [3.63, 3.8) is 0 Å². The van der Waals surface area contributed by atoms with Gasteiger partial charge >= 0.3 is 5.97 Å². The van der Waals surface area contributed by atoms with Crippen molar-refractivity contribution in [3.05, 3.63) is 44.5 Å². The minimum atomic E-state index is -1.04. The molecule has 8 nitrogen and oxygen atoms in total. The average Bonchev–Trinajstić information content (AvgIpc) is 2.88. The first-order valence-corrected chi connectivity index (χ1v) is 6.46. The molecular weight excluding hydrogens is 284 g/mol. The van der Waals surface area contributed by atoms with Crippen LogP contribution in [-0.2, 0) is 6.42 Å². The number of hydrogen-bond donors (Lipinski definition) is 2. The van der Waals surface area contributed by atoms with Gasteiger partial charge in [0.2, 0.25) is 0 Å². The lowest BCUT2D eigenvalue weighted by Gasteiger charge is -2.03. The first-order chi connectivity index (χ1) is 9.56. The molecule has 0 radical (unpaired) electrons. The number of hydrogen-bond acceptors (Lipinski definition) is 7. The molecule has 0 aromatic carbocycles. The van der Waals surface area contributed by atoms with E-state index < -0.39 is 10.9 Å². The molecule has 2 rings (SSSR count). The lowest BCUT2D eigenvalue weighted by molar-refractivity contribution is -0.385. The predicted molar refractivity (Wildman–Crippen MR) is 72.2 cm³/mol. The number of aromatic nitrogens is 2. The van der Waals surface area contributed by atoms with Crippen molar-refractivity contribution in [2.24, 2.45) is 0 Å². The third kappa shape index (κ3) is 3.48. The van der Waals surface area contributed by atoms with Crippen molar-refractivity contribution in [3.8, 4) is 0 Å². The van der Waals surface area contributed by atoms with Crippen LogP contribution in [-0.4, -0.2) is 32.5 Å². The predicted octanol–water partition coefficient (Wildman–Crippen LogP) is 1.80. The Balaban J connectivity index is 1.85. The van der Waals surface area contributed by atoms with Crippen molar-refractivity contribution in [1.29, 1.82) is 0 Å². The van der Waals surface area contributed by atoms with Gasteiger partial charge in [-0.1, -0.05) is 0 Å².